The van der Waals surface area contributed by atoms with Crippen molar-refractivity contribution in [2.24, 2.45) is 0 Å². The fourth-order valence-corrected chi connectivity index (χ4v) is 3.75. The highest BCUT2D eigenvalue weighted by Crippen LogP contribution is 2.29. The van der Waals surface area contributed by atoms with Crippen molar-refractivity contribution < 1.29 is 23.9 Å². The van der Waals surface area contributed by atoms with Crippen LogP contribution in [0.5, 0.6) is 0 Å². The zero-order chi connectivity index (χ0) is 19.7. The molecule has 6 nitrogen and oxygen atoms in total. The van der Waals surface area contributed by atoms with Gasteiger partial charge in [-0.2, -0.15) is 0 Å². The molecule has 2 aromatic rings. The van der Waals surface area contributed by atoms with E-state index in [4.69, 9.17) is 4.74 Å². The molecular formula is C22H19NO5. The van der Waals surface area contributed by atoms with Gasteiger partial charge in [-0.15, -0.1) is 0 Å². The summed E-state index contributed by atoms with van der Waals surface area (Å²) in [6.45, 7) is 0.961. The third-order valence-corrected chi connectivity index (χ3v) is 5.21. The molecule has 1 aliphatic heterocycles. The SMILES string of the molecule is O=C(OCC(=O)N1CCCCC1)c1cccc2c1C(=O)c1ccccc1C2=O. The topological polar surface area (TPSA) is 80.8 Å². The molecule has 1 aliphatic carbocycles. The van der Waals surface area contributed by atoms with Crippen molar-refractivity contribution in [2.75, 3.05) is 19.7 Å². The number of likely N-dealkylation sites (tertiary alicyclic amines) is 1. The number of hydrogen-bond donors (Lipinski definition) is 0. The zero-order valence-electron chi connectivity index (χ0n) is 15.3. The van der Waals surface area contributed by atoms with Gasteiger partial charge in [0.1, 0.15) is 0 Å². The fraction of sp³-hybridized carbons (Fsp3) is 0.273. The number of ether oxygens (including phenoxy) is 1. The summed E-state index contributed by atoms with van der Waals surface area (Å²) >= 11 is 0. The van der Waals surface area contributed by atoms with E-state index in [1.165, 1.54) is 12.1 Å². The van der Waals surface area contributed by atoms with Crippen LogP contribution in [0.15, 0.2) is 42.5 Å². The lowest BCUT2D eigenvalue weighted by molar-refractivity contribution is -0.135. The van der Waals surface area contributed by atoms with Gasteiger partial charge in [-0.25, -0.2) is 4.79 Å². The van der Waals surface area contributed by atoms with Crippen LogP contribution in [0.3, 0.4) is 0 Å². The summed E-state index contributed by atoms with van der Waals surface area (Å²) in [6.07, 6.45) is 2.99. The van der Waals surface area contributed by atoms with Gasteiger partial charge in [0, 0.05) is 35.3 Å². The quantitative estimate of drug-likeness (QED) is 0.656. The summed E-state index contributed by atoms with van der Waals surface area (Å²) in [5, 5.41) is 0. The Kier molecular flexibility index (Phi) is 4.77. The lowest BCUT2D eigenvalue weighted by Crippen LogP contribution is -2.38. The zero-order valence-corrected chi connectivity index (χ0v) is 15.3. The second kappa shape index (κ2) is 7.38. The molecule has 2 aromatic carbocycles. The molecular weight excluding hydrogens is 358 g/mol. The van der Waals surface area contributed by atoms with Crippen molar-refractivity contribution in [3.8, 4) is 0 Å². The number of nitrogens with zero attached hydrogens (tertiary/aromatic N) is 1. The van der Waals surface area contributed by atoms with Crippen LogP contribution < -0.4 is 0 Å². The molecule has 0 bridgehead atoms. The molecule has 1 heterocycles. The van der Waals surface area contributed by atoms with E-state index in [1.807, 2.05) is 0 Å². The molecule has 0 atom stereocenters. The Bertz CT molecular complexity index is 988. The summed E-state index contributed by atoms with van der Waals surface area (Å²) in [4.78, 5) is 52.2. The number of fused-ring (bicyclic) bond motifs is 2. The minimum atomic E-state index is -0.775. The Morgan fingerprint density at radius 1 is 0.821 bits per heavy atom. The molecule has 1 amide bonds. The van der Waals surface area contributed by atoms with Crippen molar-refractivity contribution in [2.45, 2.75) is 19.3 Å². The van der Waals surface area contributed by atoms with Crippen molar-refractivity contribution >= 4 is 23.4 Å². The number of carbonyl (C=O) groups excluding carboxylic acids is 4. The molecule has 1 saturated heterocycles. The number of amides is 1. The highest BCUT2D eigenvalue weighted by atomic mass is 16.5. The number of hydrogen-bond acceptors (Lipinski definition) is 5. The van der Waals surface area contributed by atoms with Crippen LogP contribution in [0.2, 0.25) is 0 Å². The maximum atomic E-state index is 12.9. The summed E-state index contributed by atoms with van der Waals surface area (Å²) < 4.78 is 5.19. The first kappa shape index (κ1) is 18.1. The third kappa shape index (κ3) is 3.11. The Balaban J connectivity index is 1.58. The van der Waals surface area contributed by atoms with E-state index in [0.717, 1.165) is 19.3 Å². The summed E-state index contributed by atoms with van der Waals surface area (Å²) in [5.41, 5.74) is 0.828. The summed E-state index contributed by atoms with van der Waals surface area (Å²) in [5.74, 6) is -1.71. The van der Waals surface area contributed by atoms with Gasteiger partial charge in [-0.1, -0.05) is 36.4 Å². The van der Waals surface area contributed by atoms with E-state index in [2.05, 4.69) is 0 Å². The van der Waals surface area contributed by atoms with Gasteiger partial charge in [0.25, 0.3) is 5.91 Å². The van der Waals surface area contributed by atoms with Crippen LogP contribution in [0.25, 0.3) is 0 Å². The molecule has 0 radical (unpaired) electrons. The second-order valence-corrected chi connectivity index (χ2v) is 6.95. The number of rotatable bonds is 3. The summed E-state index contributed by atoms with van der Waals surface area (Å²) in [6, 6.07) is 11.1. The first-order valence-electron chi connectivity index (χ1n) is 9.34. The van der Waals surface area contributed by atoms with E-state index < -0.39 is 5.97 Å². The van der Waals surface area contributed by atoms with Gasteiger partial charge < -0.3 is 9.64 Å². The second-order valence-electron chi connectivity index (χ2n) is 6.95. The van der Waals surface area contributed by atoms with Gasteiger partial charge in [0.15, 0.2) is 18.2 Å². The fourth-order valence-electron chi connectivity index (χ4n) is 3.75. The highest BCUT2D eigenvalue weighted by molar-refractivity contribution is 6.30. The molecule has 0 aromatic heterocycles. The van der Waals surface area contributed by atoms with E-state index in [0.29, 0.717) is 18.7 Å². The lowest BCUT2D eigenvalue weighted by Gasteiger charge is -2.26. The van der Waals surface area contributed by atoms with Gasteiger partial charge in [0.05, 0.1) is 5.56 Å². The molecule has 2 aliphatic rings. The molecule has 28 heavy (non-hydrogen) atoms. The molecule has 0 N–H and O–H groups in total. The van der Waals surface area contributed by atoms with Gasteiger partial charge >= 0.3 is 5.97 Å². The Morgan fingerprint density at radius 3 is 2.18 bits per heavy atom. The molecule has 4 rings (SSSR count). The van der Waals surface area contributed by atoms with Crippen LogP contribution in [-0.4, -0.2) is 48.0 Å². The summed E-state index contributed by atoms with van der Waals surface area (Å²) in [7, 11) is 0. The standard InChI is InChI=1S/C22H19NO5/c24-18(23-11-4-1-5-12-23)13-28-22(27)17-10-6-9-16-19(17)21(26)15-8-3-2-7-14(15)20(16)25/h2-3,6-10H,1,4-5,11-13H2. The first-order valence-corrected chi connectivity index (χ1v) is 9.34. The lowest BCUT2D eigenvalue weighted by atomic mass is 9.82. The van der Waals surface area contributed by atoms with Crippen LogP contribution in [0.4, 0.5) is 0 Å². The maximum Gasteiger partial charge on any atom is 0.339 e. The molecule has 6 heteroatoms. The van der Waals surface area contributed by atoms with Gasteiger partial charge in [0.2, 0.25) is 0 Å². The molecule has 1 fully saturated rings. The van der Waals surface area contributed by atoms with E-state index in [-0.39, 0.29) is 46.3 Å². The largest absolute Gasteiger partial charge is 0.452 e. The predicted octanol–water partition coefficient (Wildman–Crippen LogP) is 2.63. The van der Waals surface area contributed by atoms with Gasteiger partial charge in [-0.3, -0.25) is 14.4 Å². The Hall–Kier alpha value is -3.28. The van der Waals surface area contributed by atoms with Crippen LogP contribution in [0.1, 0.15) is 61.5 Å². The van der Waals surface area contributed by atoms with Crippen LogP contribution in [0, 0.1) is 0 Å². The van der Waals surface area contributed by atoms with Crippen LogP contribution in [-0.2, 0) is 9.53 Å². The first-order chi connectivity index (χ1) is 13.6. The maximum absolute atomic E-state index is 12.9. The molecule has 142 valence electrons. The van der Waals surface area contributed by atoms with E-state index >= 15 is 0 Å². The third-order valence-electron chi connectivity index (χ3n) is 5.21. The number of piperidine rings is 1. The Labute approximate surface area is 162 Å². The smallest absolute Gasteiger partial charge is 0.339 e. The monoisotopic (exact) mass is 377 g/mol. The van der Waals surface area contributed by atoms with Crippen molar-refractivity contribution in [3.63, 3.8) is 0 Å². The minimum absolute atomic E-state index is 0.0109. The molecule has 0 unspecified atom stereocenters. The van der Waals surface area contributed by atoms with Crippen molar-refractivity contribution in [3.05, 3.63) is 70.3 Å². The highest BCUT2D eigenvalue weighted by Gasteiger charge is 2.33. The average Bonchev–Trinajstić information content (AvgIpc) is 2.75. The normalized spacial score (nSPS) is 15.6. The van der Waals surface area contributed by atoms with Crippen molar-refractivity contribution in [1.29, 1.82) is 0 Å². The number of carbonyl (C=O) groups is 4. The number of ketones is 2. The van der Waals surface area contributed by atoms with Crippen molar-refractivity contribution in [1.82, 2.24) is 4.90 Å². The minimum Gasteiger partial charge on any atom is -0.452 e. The number of benzene rings is 2. The predicted molar refractivity (Wildman–Crippen MR) is 100 cm³/mol. The van der Waals surface area contributed by atoms with Crippen LogP contribution >= 0.6 is 0 Å². The van der Waals surface area contributed by atoms with Gasteiger partial charge in [-0.05, 0) is 25.3 Å². The van der Waals surface area contributed by atoms with E-state index in [1.54, 1.807) is 35.2 Å². The average molecular weight is 377 g/mol. The molecule has 0 saturated carbocycles. The van der Waals surface area contributed by atoms with E-state index in [9.17, 15) is 19.2 Å². The number of esters is 1. The Morgan fingerprint density at radius 2 is 1.46 bits per heavy atom. The molecule has 0 spiro atoms.